The van der Waals surface area contributed by atoms with E-state index < -0.39 is 0 Å². The number of carbonyl (C=O) groups excluding carboxylic acids is 1. The molecule has 1 heterocycles. The summed E-state index contributed by atoms with van der Waals surface area (Å²) in [6, 6.07) is 0. The maximum absolute atomic E-state index is 11.0. The van der Waals surface area contributed by atoms with E-state index in [1.165, 1.54) is 0 Å². The number of aromatic nitrogens is 2. The van der Waals surface area contributed by atoms with E-state index >= 15 is 0 Å². The maximum Gasteiger partial charge on any atom is 0.242 e. The van der Waals surface area contributed by atoms with Crippen molar-refractivity contribution in [2.45, 2.75) is 51.7 Å². The molecule has 0 amide bonds. The molecule has 0 atom stereocenters. The average molecular weight is 224 g/mol. The molecule has 0 bridgehead atoms. The molecule has 1 aliphatic carbocycles. The van der Waals surface area contributed by atoms with Gasteiger partial charge in [0.25, 0.3) is 0 Å². The summed E-state index contributed by atoms with van der Waals surface area (Å²) in [6.45, 7) is 2.32. The van der Waals surface area contributed by atoms with E-state index in [1.807, 2.05) is 6.92 Å². The highest BCUT2D eigenvalue weighted by atomic mass is 16.5. The Balaban J connectivity index is 1.76. The van der Waals surface area contributed by atoms with Crippen LogP contribution in [0.3, 0.4) is 0 Å². The van der Waals surface area contributed by atoms with Gasteiger partial charge in [0.2, 0.25) is 11.8 Å². The molecule has 1 aliphatic rings. The summed E-state index contributed by atoms with van der Waals surface area (Å²) in [4.78, 5) is 11.0. The monoisotopic (exact) mass is 224 g/mol. The lowest BCUT2D eigenvalue weighted by atomic mass is 9.97. The van der Waals surface area contributed by atoms with E-state index in [0.29, 0.717) is 37.0 Å². The van der Waals surface area contributed by atoms with Gasteiger partial charge in [0.15, 0.2) is 0 Å². The van der Waals surface area contributed by atoms with Gasteiger partial charge in [-0.25, -0.2) is 0 Å². The Morgan fingerprint density at radius 1 is 1.31 bits per heavy atom. The molecule has 0 radical (unpaired) electrons. The lowest BCUT2D eigenvalue weighted by Gasteiger charge is -2.20. The third-order valence-corrected chi connectivity index (χ3v) is 2.74. The second-order valence-electron chi connectivity index (χ2n) is 3.99. The van der Waals surface area contributed by atoms with Crippen LogP contribution in [0.5, 0.6) is 0 Å². The average Bonchev–Trinajstić information content (AvgIpc) is 2.76. The van der Waals surface area contributed by atoms with Gasteiger partial charge in [-0.1, -0.05) is 6.92 Å². The minimum absolute atomic E-state index is 0.162. The molecule has 5 nitrogen and oxygen atoms in total. The minimum Gasteiger partial charge on any atom is -0.423 e. The first kappa shape index (κ1) is 11.3. The molecular weight excluding hydrogens is 208 g/mol. The number of hydrogen-bond acceptors (Lipinski definition) is 5. The zero-order valence-corrected chi connectivity index (χ0v) is 9.44. The van der Waals surface area contributed by atoms with E-state index in [2.05, 4.69) is 10.2 Å². The summed E-state index contributed by atoms with van der Waals surface area (Å²) in [5.41, 5.74) is 0. The van der Waals surface area contributed by atoms with Crippen LogP contribution in [0, 0.1) is 0 Å². The lowest BCUT2D eigenvalue weighted by Crippen LogP contribution is -2.21. The molecule has 2 rings (SSSR count). The van der Waals surface area contributed by atoms with Crippen molar-refractivity contribution < 1.29 is 13.9 Å². The van der Waals surface area contributed by atoms with Gasteiger partial charge in [0, 0.05) is 19.3 Å². The predicted octanol–water partition coefficient (Wildman–Crippen LogP) is 1.66. The number of ether oxygens (including phenoxy) is 1. The van der Waals surface area contributed by atoms with Gasteiger partial charge in [-0.15, -0.1) is 10.2 Å². The smallest absolute Gasteiger partial charge is 0.242 e. The maximum atomic E-state index is 11.0. The molecular formula is C11H16N2O3. The van der Waals surface area contributed by atoms with Crippen LogP contribution in [0.25, 0.3) is 0 Å². The highest BCUT2D eigenvalue weighted by molar-refractivity contribution is 5.79. The van der Waals surface area contributed by atoms with Crippen LogP contribution >= 0.6 is 0 Å². The zero-order valence-electron chi connectivity index (χ0n) is 9.44. The van der Waals surface area contributed by atoms with Gasteiger partial charge in [-0.05, 0) is 12.8 Å². The second-order valence-corrected chi connectivity index (χ2v) is 3.99. The van der Waals surface area contributed by atoms with Gasteiger partial charge in [-0.2, -0.15) is 0 Å². The van der Waals surface area contributed by atoms with Crippen molar-refractivity contribution >= 4 is 5.78 Å². The fourth-order valence-electron chi connectivity index (χ4n) is 1.76. The zero-order chi connectivity index (χ0) is 11.4. The van der Waals surface area contributed by atoms with Crippen LogP contribution in [0.2, 0.25) is 0 Å². The van der Waals surface area contributed by atoms with Gasteiger partial charge in [0.1, 0.15) is 12.4 Å². The number of nitrogens with zero attached hydrogens (tertiary/aromatic N) is 2. The van der Waals surface area contributed by atoms with Crippen LogP contribution < -0.4 is 0 Å². The van der Waals surface area contributed by atoms with Crippen molar-refractivity contribution in [3.05, 3.63) is 11.8 Å². The van der Waals surface area contributed by atoms with Crippen molar-refractivity contribution in [2.24, 2.45) is 0 Å². The molecule has 1 aromatic heterocycles. The SMILES string of the molecule is CCc1nnc(COC2CCC(=O)CC2)o1. The number of rotatable bonds is 4. The fourth-order valence-corrected chi connectivity index (χ4v) is 1.76. The molecule has 0 aliphatic heterocycles. The number of Topliss-reactive ketones (excluding diaryl/α,β-unsaturated/α-hetero) is 1. The van der Waals surface area contributed by atoms with E-state index in [0.717, 1.165) is 19.3 Å². The first-order valence-electron chi connectivity index (χ1n) is 5.72. The van der Waals surface area contributed by atoms with Gasteiger partial charge < -0.3 is 9.15 Å². The van der Waals surface area contributed by atoms with Crippen molar-refractivity contribution in [2.75, 3.05) is 0 Å². The predicted molar refractivity (Wildman–Crippen MR) is 55.7 cm³/mol. The molecule has 5 heteroatoms. The highest BCUT2D eigenvalue weighted by Gasteiger charge is 2.19. The standard InChI is InChI=1S/C11H16N2O3/c1-2-10-12-13-11(16-10)7-15-9-5-3-8(14)4-6-9/h9H,2-7H2,1H3. The third kappa shape index (κ3) is 2.88. The number of carbonyl (C=O) groups is 1. The first-order chi connectivity index (χ1) is 7.78. The molecule has 88 valence electrons. The molecule has 0 aromatic carbocycles. The molecule has 1 saturated carbocycles. The number of ketones is 1. The summed E-state index contributed by atoms with van der Waals surface area (Å²) in [6.07, 6.45) is 3.80. The fraction of sp³-hybridized carbons (Fsp3) is 0.727. The summed E-state index contributed by atoms with van der Waals surface area (Å²) >= 11 is 0. The van der Waals surface area contributed by atoms with Crippen LogP contribution in [0.15, 0.2) is 4.42 Å². The highest BCUT2D eigenvalue weighted by Crippen LogP contribution is 2.19. The molecule has 16 heavy (non-hydrogen) atoms. The third-order valence-electron chi connectivity index (χ3n) is 2.74. The second kappa shape index (κ2) is 5.21. The summed E-state index contributed by atoms with van der Waals surface area (Å²) in [5.74, 6) is 1.50. The number of aryl methyl sites for hydroxylation is 1. The van der Waals surface area contributed by atoms with Gasteiger partial charge in [0.05, 0.1) is 6.10 Å². The Hall–Kier alpha value is -1.23. The van der Waals surface area contributed by atoms with E-state index in [-0.39, 0.29) is 6.10 Å². The van der Waals surface area contributed by atoms with E-state index in [1.54, 1.807) is 0 Å². The normalized spacial score (nSPS) is 17.9. The largest absolute Gasteiger partial charge is 0.423 e. The van der Waals surface area contributed by atoms with Crippen molar-refractivity contribution in [1.82, 2.24) is 10.2 Å². The summed E-state index contributed by atoms with van der Waals surface area (Å²) < 4.78 is 11.0. The van der Waals surface area contributed by atoms with Gasteiger partial charge in [-0.3, -0.25) is 4.79 Å². The molecule has 0 spiro atoms. The molecule has 1 fully saturated rings. The summed E-state index contributed by atoms with van der Waals surface area (Å²) in [5, 5.41) is 7.74. The van der Waals surface area contributed by atoms with Crippen LogP contribution in [-0.4, -0.2) is 22.1 Å². The van der Waals surface area contributed by atoms with Crippen LogP contribution in [0.4, 0.5) is 0 Å². The lowest BCUT2D eigenvalue weighted by molar-refractivity contribution is -0.123. The Bertz CT molecular complexity index is 352. The topological polar surface area (TPSA) is 65.2 Å². The van der Waals surface area contributed by atoms with E-state index in [9.17, 15) is 4.79 Å². The number of hydrogen-bond donors (Lipinski definition) is 0. The Morgan fingerprint density at radius 2 is 2.00 bits per heavy atom. The summed E-state index contributed by atoms with van der Waals surface area (Å²) in [7, 11) is 0. The van der Waals surface area contributed by atoms with Crippen LogP contribution in [0.1, 0.15) is 44.4 Å². The molecule has 0 saturated heterocycles. The Kier molecular flexibility index (Phi) is 3.66. The van der Waals surface area contributed by atoms with Crippen LogP contribution in [-0.2, 0) is 22.6 Å². The first-order valence-corrected chi connectivity index (χ1v) is 5.72. The Morgan fingerprint density at radius 3 is 2.62 bits per heavy atom. The van der Waals surface area contributed by atoms with Crippen molar-refractivity contribution in [3.63, 3.8) is 0 Å². The Labute approximate surface area is 94.2 Å². The van der Waals surface area contributed by atoms with E-state index in [4.69, 9.17) is 9.15 Å². The quantitative estimate of drug-likeness (QED) is 0.778. The molecule has 0 unspecified atom stereocenters. The van der Waals surface area contributed by atoms with Crippen molar-refractivity contribution in [1.29, 1.82) is 0 Å². The molecule has 0 N–H and O–H groups in total. The van der Waals surface area contributed by atoms with Crippen molar-refractivity contribution in [3.8, 4) is 0 Å². The minimum atomic E-state index is 0.162. The van der Waals surface area contributed by atoms with Gasteiger partial charge >= 0.3 is 0 Å². The molecule has 1 aromatic rings.